The van der Waals surface area contributed by atoms with Gasteiger partial charge in [-0.05, 0) is 30.7 Å². The number of nitrogens with one attached hydrogen (secondary N) is 1. The number of aromatic nitrogens is 1. The molecule has 1 aromatic heterocycles. The van der Waals surface area contributed by atoms with Crippen molar-refractivity contribution in [2.45, 2.75) is 19.4 Å². The van der Waals surface area contributed by atoms with E-state index in [1.54, 1.807) is 18.4 Å². The van der Waals surface area contributed by atoms with Gasteiger partial charge in [-0.3, -0.25) is 4.79 Å². The molecule has 0 aliphatic carbocycles. The van der Waals surface area contributed by atoms with E-state index in [2.05, 4.69) is 10.3 Å². The molecule has 27 heavy (non-hydrogen) atoms. The first-order valence-electron chi connectivity index (χ1n) is 8.78. The fourth-order valence-corrected chi connectivity index (χ4v) is 3.23. The SMILES string of the molecule is COc1ccc(OCCCC(=O)NCc2nc(-c3ccccc3)cs2)cc1. The standard InChI is InChI=1S/C21H22N2O3S/c1-25-17-9-11-18(12-10-17)26-13-5-8-20(24)22-14-21-23-19(15-27-21)16-6-3-2-4-7-16/h2-4,6-7,9-12,15H,5,8,13-14H2,1H3,(H,22,24). The van der Waals surface area contributed by atoms with Crippen molar-refractivity contribution >= 4 is 17.2 Å². The molecule has 1 heterocycles. The van der Waals surface area contributed by atoms with Gasteiger partial charge in [0.05, 0.1) is 26.0 Å². The lowest BCUT2D eigenvalue weighted by Gasteiger charge is -2.07. The Kier molecular flexibility index (Phi) is 6.82. The van der Waals surface area contributed by atoms with E-state index in [0.717, 1.165) is 27.8 Å². The summed E-state index contributed by atoms with van der Waals surface area (Å²) in [5.41, 5.74) is 2.03. The molecular formula is C21H22N2O3S. The number of benzene rings is 2. The predicted octanol–water partition coefficient (Wildman–Crippen LogP) is 4.29. The molecule has 5 nitrogen and oxygen atoms in total. The van der Waals surface area contributed by atoms with Crippen LogP contribution in [0, 0.1) is 0 Å². The van der Waals surface area contributed by atoms with Crippen LogP contribution in [0.1, 0.15) is 17.8 Å². The Hall–Kier alpha value is -2.86. The topological polar surface area (TPSA) is 60.5 Å². The Balaban J connectivity index is 1.35. The fraction of sp³-hybridized carbons (Fsp3) is 0.238. The third kappa shape index (κ3) is 5.82. The van der Waals surface area contributed by atoms with Crippen LogP contribution in [-0.4, -0.2) is 24.6 Å². The van der Waals surface area contributed by atoms with E-state index < -0.39 is 0 Å². The Morgan fingerprint density at radius 2 is 1.81 bits per heavy atom. The minimum Gasteiger partial charge on any atom is -0.497 e. The number of amides is 1. The number of ether oxygens (including phenoxy) is 2. The number of hydrogen-bond acceptors (Lipinski definition) is 5. The highest BCUT2D eigenvalue weighted by atomic mass is 32.1. The third-order valence-electron chi connectivity index (χ3n) is 3.93. The minimum atomic E-state index is 0.00444. The lowest BCUT2D eigenvalue weighted by atomic mass is 10.2. The maximum atomic E-state index is 12.0. The smallest absolute Gasteiger partial charge is 0.220 e. The molecule has 0 spiro atoms. The van der Waals surface area contributed by atoms with Gasteiger partial charge in [0.15, 0.2) is 0 Å². The first kappa shape index (κ1) is 18.9. The van der Waals surface area contributed by atoms with Crippen LogP contribution in [-0.2, 0) is 11.3 Å². The largest absolute Gasteiger partial charge is 0.497 e. The van der Waals surface area contributed by atoms with E-state index in [-0.39, 0.29) is 5.91 Å². The number of rotatable bonds is 9. The van der Waals surface area contributed by atoms with Crippen molar-refractivity contribution in [3.63, 3.8) is 0 Å². The molecule has 6 heteroatoms. The van der Waals surface area contributed by atoms with Gasteiger partial charge in [0.1, 0.15) is 16.5 Å². The summed E-state index contributed by atoms with van der Waals surface area (Å²) in [4.78, 5) is 16.6. The van der Waals surface area contributed by atoms with E-state index in [1.807, 2.05) is 60.0 Å². The second-order valence-electron chi connectivity index (χ2n) is 5.90. The van der Waals surface area contributed by atoms with Crippen LogP contribution in [0.25, 0.3) is 11.3 Å². The van der Waals surface area contributed by atoms with Gasteiger partial charge in [0.2, 0.25) is 5.91 Å². The summed E-state index contributed by atoms with van der Waals surface area (Å²) in [6.07, 6.45) is 1.08. The molecule has 2 aromatic carbocycles. The van der Waals surface area contributed by atoms with Crippen molar-refractivity contribution in [3.8, 4) is 22.8 Å². The van der Waals surface area contributed by atoms with Gasteiger partial charge >= 0.3 is 0 Å². The van der Waals surface area contributed by atoms with Crippen LogP contribution in [0.4, 0.5) is 0 Å². The molecule has 0 saturated carbocycles. The normalized spacial score (nSPS) is 10.4. The maximum Gasteiger partial charge on any atom is 0.220 e. The summed E-state index contributed by atoms with van der Waals surface area (Å²) in [5, 5.41) is 5.83. The monoisotopic (exact) mass is 382 g/mol. The summed E-state index contributed by atoms with van der Waals surface area (Å²) < 4.78 is 10.7. The molecule has 3 aromatic rings. The van der Waals surface area contributed by atoms with E-state index in [4.69, 9.17) is 9.47 Å². The van der Waals surface area contributed by atoms with Gasteiger partial charge in [0.25, 0.3) is 0 Å². The molecule has 0 aliphatic heterocycles. The maximum absolute atomic E-state index is 12.0. The van der Waals surface area contributed by atoms with E-state index in [9.17, 15) is 4.79 Å². The summed E-state index contributed by atoms with van der Waals surface area (Å²) >= 11 is 1.55. The van der Waals surface area contributed by atoms with Gasteiger partial charge in [-0.2, -0.15) is 0 Å². The third-order valence-corrected chi connectivity index (χ3v) is 4.78. The average molecular weight is 382 g/mol. The molecule has 3 rings (SSSR count). The zero-order chi connectivity index (χ0) is 18.9. The van der Waals surface area contributed by atoms with Crippen molar-refractivity contribution in [2.24, 2.45) is 0 Å². The van der Waals surface area contributed by atoms with Crippen LogP contribution < -0.4 is 14.8 Å². The van der Waals surface area contributed by atoms with Crippen molar-refractivity contribution in [2.75, 3.05) is 13.7 Å². The van der Waals surface area contributed by atoms with Gasteiger partial charge < -0.3 is 14.8 Å². The lowest BCUT2D eigenvalue weighted by Crippen LogP contribution is -2.22. The molecule has 0 saturated heterocycles. The van der Waals surface area contributed by atoms with Gasteiger partial charge in [-0.1, -0.05) is 30.3 Å². The number of carbonyl (C=O) groups excluding carboxylic acids is 1. The fourth-order valence-electron chi connectivity index (χ4n) is 2.49. The molecule has 0 aliphatic rings. The number of carbonyl (C=O) groups is 1. The van der Waals surface area contributed by atoms with Crippen molar-refractivity contribution in [1.29, 1.82) is 0 Å². The Bertz CT molecular complexity index is 847. The van der Waals surface area contributed by atoms with Crippen LogP contribution in [0.5, 0.6) is 11.5 Å². The zero-order valence-corrected chi connectivity index (χ0v) is 16.0. The highest BCUT2D eigenvalue weighted by Crippen LogP contribution is 2.21. The molecule has 0 fully saturated rings. The number of hydrogen-bond donors (Lipinski definition) is 1. The van der Waals surface area contributed by atoms with Crippen molar-refractivity contribution in [3.05, 3.63) is 65.0 Å². The second-order valence-corrected chi connectivity index (χ2v) is 6.84. The summed E-state index contributed by atoms with van der Waals surface area (Å²) in [7, 11) is 1.63. The van der Waals surface area contributed by atoms with E-state index >= 15 is 0 Å². The molecule has 0 radical (unpaired) electrons. The van der Waals surface area contributed by atoms with Gasteiger partial charge in [0, 0.05) is 17.4 Å². The number of methoxy groups -OCH3 is 1. The molecular weight excluding hydrogens is 360 g/mol. The number of nitrogens with zero attached hydrogens (tertiary/aromatic N) is 1. The summed E-state index contributed by atoms with van der Waals surface area (Å²) in [6.45, 7) is 0.949. The first-order chi connectivity index (χ1) is 13.2. The molecule has 1 N–H and O–H groups in total. The Morgan fingerprint density at radius 1 is 1.07 bits per heavy atom. The van der Waals surface area contributed by atoms with Crippen LogP contribution in [0.15, 0.2) is 60.0 Å². The van der Waals surface area contributed by atoms with Crippen molar-refractivity contribution < 1.29 is 14.3 Å². The molecule has 0 atom stereocenters. The highest BCUT2D eigenvalue weighted by molar-refractivity contribution is 7.09. The molecule has 1 amide bonds. The van der Waals surface area contributed by atoms with Crippen molar-refractivity contribution in [1.82, 2.24) is 10.3 Å². The Morgan fingerprint density at radius 3 is 2.56 bits per heavy atom. The highest BCUT2D eigenvalue weighted by Gasteiger charge is 2.06. The number of thiazole rings is 1. The van der Waals surface area contributed by atoms with Gasteiger partial charge in [-0.15, -0.1) is 11.3 Å². The van der Waals surface area contributed by atoms with Crippen LogP contribution in [0.2, 0.25) is 0 Å². The quantitative estimate of drug-likeness (QED) is 0.561. The van der Waals surface area contributed by atoms with E-state index in [0.29, 0.717) is 26.0 Å². The first-order valence-corrected chi connectivity index (χ1v) is 9.66. The second kappa shape index (κ2) is 9.73. The summed E-state index contributed by atoms with van der Waals surface area (Å²) in [5.74, 6) is 1.57. The summed E-state index contributed by atoms with van der Waals surface area (Å²) in [6, 6.07) is 17.4. The lowest BCUT2D eigenvalue weighted by molar-refractivity contribution is -0.121. The Labute approximate surface area is 163 Å². The van der Waals surface area contributed by atoms with Crippen LogP contribution in [0.3, 0.4) is 0 Å². The van der Waals surface area contributed by atoms with E-state index in [1.165, 1.54) is 0 Å². The molecule has 0 unspecified atom stereocenters. The minimum absolute atomic E-state index is 0.00444. The van der Waals surface area contributed by atoms with Crippen LogP contribution >= 0.6 is 11.3 Å². The molecule has 0 bridgehead atoms. The predicted molar refractivity (Wildman–Crippen MR) is 107 cm³/mol. The molecule has 140 valence electrons. The average Bonchev–Trinajstić information content (AvgIpc) is 3.20. The van der Waals surface area contributed by atoms with Gasteiger partial charge in [-0.25, -0.2) is 4.98 Å². The zero-order valence-electron chi connectivity index (χ0n) is 15.2.